The van der Waals surface area contributed by atoms with Gasteiger partial charge >= 0.3 is 0 Å². The van der Waals surface area contributed by atoms with Gasteiger partial charge in [0.2, 0.25) is 0 Å². The number of nitrogens with one attached hydrogen (secondary N) is 1. The van der Waals surface area contributed by atoms with Crippen molar-refractivity contribution in [1.29, 1.82) is 0 Å². The van der Waals surface area contributed by atoms with Crippen molar-refractivity contribution in [3.05, 3.63) is 40.9 Å². The number of nitrogens with zero attached hydrogens (tertiary/aromatic N) is 2. The summed E-state index contributed by atoms with van der Waals surface area (Å²) in [6, 6.07) is 10.0. The summed E-state index contributed by atoms with van der Waals surface area (Å²) in [5.41, 5.74) is 2.88. The monoisotopic (exact) mass is 261 g/mol. The van der Waals surface area contributed by atoms with Crippen molar-refractivity contribution in [3.63, 3.8) is 0 Å². The van der Waals surface area contributed by atoms with E-state index in [-0.39, 0.29) is 0 Å². The minimum atomic E-state index is 0.345. The molecule has 0 saturated heterocycles. The van der Waals surface area contributed by atoms with Crippen molar-refractivity contribution < 1.29 is 0 Å². The Hall–Kier alpha value is -1.61. The van der Waals surface area contributed by atoms with E-state index in [1.165, 1.54) is 0 Å². The number of aromatic nitrogens is 2. The third-order valence-electron chi connectivity index (χ3n) is 2.64. The Bertz CT molecular complexity index is 535. The van der Waals surface area contributed by atoms with Crippen LogP contribution >= 0.6 is 11.6 Å². The molecule has 0 saturated carbocycles. The lowest BCUT2D eigenvalue weighted by Crippen LogP contribution is -2.11. The fourth-order valence-electron chi connectivity index (χ4n) is 1.73. The van der Waals surface area contributed by atoms with Gasteiger partial charge in [-0.1, -0.05) is 23.7 Å². The number of hydrogen-bond donors (Lipinski definition) is 1. The van der Waals surface area contributed by atoms with Crippen LogP contribution in [0.15, 0.2) is 30.3 Å². The van der Waals surface area contributed by atoms with Crippen LogP contribution < -0.4 is 5.32 Å². The van der Waals surface area contributed by atoms with E-state index in [0.29, 0.717) is 6.04 Å². The van der Waals surface area contributed by atoms with E-state index in [0.717, 1.165) is 27.7 Å². The minimum Gasteiger partial charge on any atom is -0.366 e. The molecule has 0 atom stereocenters. The van der Waals surface area contributed by atoms with Gasteiger partial charge in [-0.3, -0.25) is 0 Å². The highest BCUT2D eigenvalue weighted by Gasteiger charge is 2.07. The molecule has 1 heterocycles. The van der Waals surface area contributed by atoms with Gasteiger partial charge in [-0.15, -0.1) is 10.2 Å². The largest absolute Gasteiger partial charge is 0.366 e. The van der Waals surface area contributed by atoms with Crippen LogP contribution in [0.3, 0.4) is 0 Å². The molecule has 0 spiro atoms. The Morgan fingerprint density at radius 1 is 1.11 bits per heavy atom. The molecule has 94 valence electrons. The van der Waals surface area contributed by atoms with Crippen LogP contribution in [0.5, 0.6) is 0 Å². The molecule has 2 aromatic rings. The number of halogens is 1. The summed E-state index contributed by atoms with van der Waals surface area (Å²) >= 11 is 6.10. The van der Waals surface area contributed by atoms with Crippen LogP contribution in [0.4, 0.5) is 5.82 Å². The zero-order valence-electron chi connectivity index (χ0n) is 10.7. The SMILES string of the molecule is Cc1c(Cl)cccc1-c1ccc(NC(C)C)nn1. The molecule has 0 aliphatic rings. The summed E-state index contributed by atoms with van der Waals surface area (Å²) < 4.78 is 0. The Morgan fingerprint density at radius 2 is 1.89 bits per heavy atom. The lowest BCUT2D eigenvalue weighted by Gasteiger charge is -2.09. The summed E-state index contributed by atoms with van der Waals surface area (Å²) in [7, 11) is 0. The first-order valence-corrected chi connectivity index (χ1v) is 6.31. The Balaban J connectivity index is 2.32. The van der Waals surface area contributed by atoms with Crippen LogP contribution in [-0.4, -0.2) is 16.2 Å². The third-order valence-corrected chi connectivity index (χ3v) is 3.05. The standard InChI is InChI=1S/C14H16ClN3/c1-9(2)16-14-8-7-13(17-18-14)11-5-4-6-12(15)10(11)3/h4-9H,1-3H3,(H,16,18). The lowest BCUT2D eigenvalue weighted by molar-refractivity contribution is 0.874. The summed E-state index contributed by atoms with van der Waals surface area (Å²) in [5, 5.41) is 12.4. The summed E-state index contributed by atoms with van der Waals surface area (Å²) in [6.45, 7) is 6.12. The van der Waals surface area contributed by atoms with Crippen molar-refractivity contribution >= 4 is 17.4 Å². The minimum absolute atomic E-state index is 0.345. The highest BCUT2D eigenvalue weighted by molar-refractivity contribution is 6.31. The summed E-state index contributed by atoms with van der Waals surface area (Å²) in [6.07, 6.45) is 0. The van der Waals surface area contributed by atoms with Gasteiger partial charge in [0.05, 0.1) is 5.69 Å². The van der Waals surface area contributed by atoms with Crippen LogP contribution in [0.25, 0.3) is 11.3 Å². The molecular weight excluding hydrogens is 246 g/mol. The molecule has 0 fully saturated rings. The molecule has 0 bridgehead atoms. The van der Waals surface area contributed by atoms with Crippen molar-refractivity contribution in [3.8, 4) is 11.3 Å². The topological polar surface area (TPSA) is 37.8 Å². The number of rotatable bonds is 3. The summed E-state index contributed by atoms with van der Waals surface area (Å²) in [5.74, 6) is 0.786. The maximum absolute atomic E-state index is 6.10. The van der Waals surface area contributed by atoms with Crippen LogP contribution in [0, 0.1) is 6.92 Å². The molecule has 1 aromatic heterocycles. The highest BCUT2D eigenvalue weighted by Crippen LogP contribution is 2.26. The summed E-state index contributed by atoms with van der Waals surface area (Å²) in [4.78, 5) is 0. The van der Waals surface area contributed by atoms with Crippen LogP contribution in [-0.2, 0) is 0 Å². The molecule has 0 aliphatic carbocycles. The zero-order valence-corrected chi connectivity index (χ0v) is 11.5. The van der Waals surface area contributed by atoms with Gasteiger partial charge in [0, 0.05) is 16.6 Å². The first kappa shape index (κ1) is 12.8. The second-order valence-electron chi connectivity index (χ2n) is 4.52. The fraction of sp³-hybridized carbons (Fsp3) is 0.286. The maximum atomic E-state index is 6.10. The first-order chi connectivity index (χ1) is 8.58. The van der Waals surface area contributed by atoms with Gasteiger partial charge in [0.15, 0.2) is 0 Å². The third kappa shape index (κ3) is 2.79. The molecule has 1 aromatic carbocycles. The Morgan fingerprint density at radius 3 is 2.50 bits per heavy atom. The molecule has 0 aliphatic heterocycles. The van der Waals surface area contributed by atoms with Gasteiger partial charge in [0.25, 0.3) is 0 Å². The molecule has 3 nitrogen and oxygen atoms in total. The van der Waals surface area contributed by atoms with Crippen molar-refractivity contribution in [2.75, 3.05) is 5.32 Å². The predicted octanol–water partition coefficient (Wildman–Crippen LogP) is 3.93. The molecule has 0 unspecified atom stereocenters. The number of benzene rings is 1. The van der Waals surface area contributed by atoms with Crippen LogP contribution in [0.2, 0.25) is 5.02 Å². The van der Waals surface area contributed by atoms with Crippen molar-refractivity contribution in [2.24, 2.45) is 0 Å². The van der Waals surface area contributed by atoms with Gasteiger partial charge < -0.3 is 5.32 Å². The average molecular weight is 262 g/mol. The van der Waals surface area contributed by atoms with Gasteiger partial charge in [0.1, 0.15) is 5.82 Å². The van der Waals surface area contributed by atoms with Crippen molar-refractivity contribution in [1.82, 2.24) is 10.2 Å². The van der Waals surface area contributed by atoms with E-state index < -0.39 is 0 Å². The van der Waals surface area contributed by atoms with Gasteiger partial charge in [-0.25, -0.2) is 0 Å². The fourth-order valence-corrected chi connectivity index (χ4v) is 1.91. The number of hydrogen-bond acceptors (Lipinski definition) is 3. The highest BCUT2D eigenvalue weighted by atomic mass is 35.5. The number of anilines is 1. The van der Waals surface area contributed by atoms with Gasteiger partial charge in [-0.2, -0.15) is 0 Å². The van der Waals surface area contributed by atoms with E-state index in [9.17, 15) is 0 Å². The molecule has 4 heteroatoms. The molecule has 18 heavy (non-hydrogen) atoms. The molecule has 0 amide bonds. The molecular formula is C14H16ClN3. The first-order valence-electron chi connectivity index (χ1n) is 5.93. The molecule has 0 radical (unpaired) electrons. The van der Waals surface area contributed by atoms with E-state index in [1.807, 2.05) is 37.3 Å². The van der Waals surface area contributed by atoms with E-state index in [2.05, 4.69) is 29.4 Å². The predicted molar refractivity (Wildman–Crippen MR) is 76.0 cm³/mol. The molecule has 1 N–H and O–H groups in total. The maximum Gasteiger partial charge on any atom is 0.148 e. The van der Waals surface area contributed by atoms with E-state index >= 15 is 0 Å². The average Bonchev–Trinajstić information content (AvgIpc) is 2.33. The Kier molecular flexibility index (Phi) is 3.82. The van der Waals surface area contributed by atoms with Crippen LogP contribution in [0.1, 0.15) is 19.4 Å². The smallest absolute Gasteiger partial charge is 0.148 e. The zero-order chi connectivity index (χ0) is 13.1. The molecule has 2 rings (SSSR count). The Labute approximate surface area is 112 Å². The van der Waals surface area contributed by atoms with E-state index in [1.54, 1.807) is 0 Å². The van der Waals surface area contributed by atoms with E-state index in [4.69, 9.17) is 11.6 Å². The quantitative estimate of drug-likeness (QED) is 0.910. The van der Waals surface area contributed by atoms with Crippen molar-refractivity contribution in [2.45, 2.75) is 26.8 Å². The lowest BCUT2D eigenvalue weighted by atomic mass is 10.1. The second-order valence-corrected chi connectivity index (χ2v) is 4.92. The second kappa shape index (κ2) is 5.36. The normalized spacial score (nSPS) is 10.7. The van der Waals surface area contributed by atoms with Gasteiger partial charge in [-0.05, 0) is 44.5 Å².